The highest BCUT2D eigenvalue weighted by molar-refractivity contribution is 4.94. The van der Waals surface area contributed by atoms with Gasteiger partial charge in [0.15, 0.2) is 6.54 Å². The van der Waals surface area contributed by atoms with E-state index >= 15 is 0 Å². The van der Waals surface area contributed by atoms with Gasteiger partial charge in [-0.1, -0.05) is 4.68 Å². The molecule has 0 amide bonds. The Morgan fingerprint density at radius 1 is 1.40 bits per heavy atom. The number of aromatic nitrogens is 2. The lowest BCUT2D eigenvalue weighted by atomic mass is 10.1. The highest BCUT2D eigenvalue weighted by atomic mass is 15.3. The Labute approximate surface area is 60.5 Å². The van der Waals surface area contributed by atoms with Crippen molar-refractivity contribution >= 4 is 0 Å². The van der Waals surface area contributed by atoms with Gasteiger partial charge in [-0.25, -0.2) is 0 Å². The van der Waals surface area contributed by atoms with E-state index in [0.29, 0.717) is 0 Å². The van der Waals surface area contributed by atoms with Gasteiger partial charge in [-0.3, -0.25) is 0 Å². The molecule has 0 atom stereocenters. The van der Waals surface area contributed by atoms with Crippen LogP contribution in [0.1, 0.15) is 18.5 Å². The quantitative estimate of drug-likeness (QED) is 0.479. The van der Waals surface area contributed by atoms with Gasteiger partial charge in [0.2, 0.25) is 5.69 Å². The molecule has 0 spiro atoms. The maximum absolute atomic E-state index is 4.24. The number of aryl methyl sites for hydroxylation is 2. The number of hydrogen-bond donors (Lipinski definition) is 0. The van der Waals surface area contributed by atoms with Gasteiger partial charge in [0, 0.05) is 18.9 Å². The van der Waals surface area contributed by atoms with E-state index < -0.39 is 0 Å². The maximum atomic E-state index is 4.24. The van der Waals surface area contributed by atoms with Gasteiger partial charge in [-0.05, 0) is 17.6 Å². The van der Waals surface area contributed by atoms with E-state index in [1.807, 2.05) is 12.3 Å². The molecule has 1 aromatic heterocycles. The molecule has 1 aromatic rings. The second-order valence-electron chi connectivity index (χ2n) is 2.70. The Bertz CT molecular complexity index is 207. The van der Waals surface area contributed by atoms with Gasteiger partial charge in [0.25, 0.3) is 0 Å². The molecule has 2 heterocycles. The first-order valence-electron chi connectivity index (χ1n) is 3.81. The van der Waals surface area contributed by atoms with E-state index in [2.05, 4.69) is 15.8 Å². The molecule has 2 nitrogen and oxygen atoms in total. The molecule has 0 aliphatic carbocycles. The van der Waals surface area contributed by atoms with Crippen molar-refractivity contribution in [1.29, 1.82) is 0 Å². The molecule has 0 saturated carbocycles. The third kappa shape index (κ3) is 0.897. The zero-order valence-electron chi connectivity index (χ0n) is 5.95. The summed E-state index contributed by atoms with van der Waals surface area (Å²) in [7, 11) is 0. The summed E-state index contributed by atoms with van der Waals surface area (Å²) in [4.78, 5) is 0. The Kier molecular flexibility index (Phi) is 1.38. The highest BCUT2D eigenvalue weighted by Gasteiger charge is 2.15. The Morgan fingerprint density at radius 2 is 2.40 bits per heavy atom. The lowest BCUT2D eigenvalue weighted by Gasteiger charge is -2.05. The standard InChI is InChI=1S/C8H11N2/c1-2-7-10-8(4-1)5-3-6-9-10/h3,5-6H,1-2,4,7H2/q+1. The van der Waals surface area contributed by atoms with Gasteiger partial charge in [0.1, 0.15) is 0 Å². The van der Waals surface area contributed by atoms with Crippen molar-refractivity contribution in [2.45, 2.75) is 25.8 Å². The van der Waals surface area contributed by atoms with Gasteiger partial charge in [0.05, 0.1) is 6.20 Å². The summed E-state index contributed by atoms with van der Waals surface area (Å²) in [6, 6.07) is 4.17. The normalized spacial score (nSPS) is 16.4. The minimum absolute atomic E-state index is 1.11. The van der Waals surface area contributed by atoms with Crippen LogP contribution in [0.25, 0.3) is 0 Å². The van der Waals surface area contributed by atoms with Gasteiger partial charge >= 0.3 is 0 Å². The van der Waals surface area contributed by atoms with Crippen molar-refractivity contribution in [2.24, 2.45) is 0 Å². The van der Waals surface area contributed by atoms with E-state index in [1.165, 1.54) is 25.0 Å². The van der Waals surface area contributed by atoms with Crippen LogP contribution in [0.4, 0.5) is 0 Å². The molecule has 0 saturated heterocycles. The largest absolute Gasteiger partial charge is 0.208 e. The number of hydrogen-bond acceptors (Lipinski definition) is 1. The van der Waals surface area contributed by atoms with Gasteiger partial charge in [-0.2, -0.15) is 0 Å². The summed E-state index contributed by atoms with van der Waals surface area (Å²) in [5.74, 6) is 0. The summed E-state index contributed by atoms with van der Waals surface area (Å²) < 4.78 is 2.10. The molecular formula is C8H11N2+. The average Bonchev–Trinajstić information content (AvgIpc) is 2.05. The van der Waals surface area contributed by atoms with E-state index in [0.717, 1.165) is 6.54 Å². The van der Waals surface area contributed by atoms with E-state index in [4.69, 9.17) is 0 Å². The van der Waals surface area contributed by atoms with Crippen LogP contribution in [0.3, 0.4) is 0 Å². The monoisotopic (exact) mass is 135 g/mol. The second kappa shape index (κ2) is 2.37. The summed E-state index contributed by atoms with van der Waals surface area (Å²) >= 11 is 0. The molecule has 0 fully saturated rings. The van der Waals surface area contributed by atoms with Crippen molar-refractivity contribution in [3.8, 4) is 0 Å². The molecule has 2 heteroatoms. The number of fused-ring (bicyclic) bond motifs is 1. The van der Waals surface area contributed by atoms with Crippen LogP contribution in [-0.2, 0) is 13.0 Å². The molecular weight excluding hydrogens is 124 g/mol. The van der Waals surface area contributed by atoms with Crippen LogP contribution >= 0.6 is 0 Å². The van der Waals surface area contributed by atoms with E-state index in [1.54, 1.807) is 0 Å². The third-order valence-corrected chi connectivity index (χ3v) is 1.97. The van der Waals surface area contributed by atoms with E-state index in [9.17, 15) is 0 Å². The van der Waals surface area contributed by atoms with Crippen LogP contribution in [0.5, 0.6) is 0 Å². The minimum atomic E-state index is 1.11. The minimum Gasteiger partial charge on any atom is -0.0885 e. The molecule has 0 aromatic carbocycles. The molecule has 0 radical (unpaired) electrons. The number of rotatable bonds is 0. The topological polar surface area (TPSA) is 16.8 Å². The second-order valence-corrected chi connectivity index (χ2v) is 2.70. The third-order valence-electron chi connectivity index (χ3n) is 1.97. The van der Waals surface area contributed by atoms with Crippen molar-refractivity contribution in [3.63, 3.8) is 0 Å². The van der Waals surface area contributed by atoms with Crippen molar-refractivity contribution in [1.82, 2.24) is 5.10 Å². The molecule has 0 N–H and O–H groups in total. The maximum Gasteiger partial charge on any atom is 0.208 e. The van der Waals surface area contributed by atoms with Crippen molar-refractivity contribution < 1.29 is 4.68 Å². The summed E-state index contributed by atoms with van der Waals surface area (Å²) in [6.07, 6.45) is 5.67. The summed E-state index contributed by atoms with van der Waals surface area (Å²) in [6.45, 7) is 1.11. The summed E-state index contributed by atoms with van der Waals surface area (Å²) in [5, 5.41) is 4.24. The predicted octanol–water partition coefficient (Wildman–Crippen LogP) is 0.705. The Balaban J connectivity index is 2.41. The first-order chi connectivity index (χ1) is 4.97. The fourth-order valence-electron chi connectivity index (χ4n) is 1.41. The van der Waals surface area contributed by atoms with Gasteiger partial charge in [-0.15, -0.1) is 0 Å². The van der Waals surface area contributed by atoms with Crippen LogP contribution in [0.15, 0.2) is 18.3 Å². The zero-order valence-corrected chi connectivity index (χ0v) is 5.95. The average molecular weight is 135 g/mol. The SMILES string of the molecule is c1cn[n+]2c(c1)CCCC2. The lowest BCUT2D eigenvalue weighted by Crippen LogP contribution is -2.44. The molecule has 1 aliphatic heterocycles. The highest BCUT2D eigenvalue weighted by Crippen LogP contribution is 2.04. The van der Waals surface area contributed by atoms with Crippen LogP contribution in [-0.4, -0.2) is 5.10 Å². The molecule has 0 unspecified atom stereocenters. The lowest BCUT2D eigenvalue weighted by molar-refractivity contribution is -0.764. The zero-order chi connectivity index (χ0) is 6.81. The Hall–Kier alpha value is -0.920. The predicted molar refractivity (Wildman–Crippen MR) is 37.4 cm³/mol. The molecule has 10 heavy (non-hydrogen) atoms. The van der Waals surface area contributed by atoms with Crippen LogP contribution < -0.4 is 4.68 Å². The molecule has 0 bridgehead atoms. The smallest absolute Gasteiger partial charge is 0.0885 e. The fraction of sp³-hybridized carbons (Fsp3) is 0.500. The molecule has 52 valence electrons. The van der Waals surface area contributed by atoms with Crippen LogP contribution in [0.2, 0.25) is 0 Å². The van der Waals surface area contributed by atoms with Gasteiger partial charge < -0.3 is 0 Å². The van der Waals surface area contributed by atoms with E-state index in [-0.39, 0.29) is 0 Å². The first kappa shape index (κ1) is 5.83. The van der Waals surface area contributed by atoms with Crippen molar-refractivity contribution in [2.75, 3.05) is 0 Å². The summed E-state index contributed by atoms with van der Waals surface area (Å²) in [5.41, 5.74) is 1.38. The van der Waals surface area contributed by atoms with Crippen molar-refractivity contribution in [3.05, 3.63) is 24.0 Å². The first-order valence-corrected chi connectivity index (χ1v) is 3.81. The Morgan fingerprint density at radius 3 is 3.30 bits per heavy atom. The number of nitrogens with zero attached hydrogens (tertiary/aromatic N) is 2. The molecule has 2 rings (SSSR count). The molecule has 1 aliphatic rings. The van der Waals surface area contributed by atoms with Crippen LogP contribution in [0, 0.1) is 0 Å². The fourth-order valence-corrected chi connectivity index (χ4v) is 1.41.